The molecular weight excluding hydrogens is 365 g/mol. The smallest absolute Gasteiger partial charge is 0.337 e. The van der Waals surface area contributed by atoms with Crippen molar-refractivity contribution < 1.29 is 27.9 Å². The summed E-state index contributed by atoms with van der Waals surface area (Å²) in [6.45, 7) is 1.89. The van der Waals surface area contributed by atoms with Crippen LogP contribution in [0.1, 0.15) is 32.2 Å². The first kappa shape index (κ1) is 19.2. The van der Waals surface area contributed by atoms with E-state index in [1.807, 2.05) is 0 Å². The van der Waals surface area contributed by atoms with E-state index in [1.165, 1.54) is 25.3 Å². The van der Waals surface area contributed by atoms with E-state index < -0.39 is 17.7 Å². The molecule has 0 radical (unpaired) electrons. The van der Waals surface area contributed by atoms with Gasteiger partial charge in [0, 0.05) is 0 Å². The van der Waals surface area contributed by atoms with Gasteiger partial charge in [0.2, 0.25) is 0 Å². The van der Waals surface area contributed by atoms with Crippen LogP contribution in [0, 0.1) is 12.7 Å². The maximum atomic E-state index is 13.8. The van der Waals surface area contributed by atoms with Gasteiger partial charge >= 0.3 is 5.97 Å². The molecule has 2 aromatic carbocycles. The van der Waals surface area contributed by atoms with Crippen molar-refractivity contribution in [3.63, 3.8) is 0 Å². The summed E-state index contributed by atoms with van der Waals surface area (Å²) in [7, 11) is 1.31. The van der Waals surface area contributed by atoms with Crippen molar-refractivity contribution in [2.75, 3.05) is 12.4 Å². The molecular formula is C21H18FNO5. The summed E-state index contributed by atoms with van der Waals surface area (Å²) in [6, 6.07) is 14.0. The zero-order valence-corrected chi connectivity index (χ0v) is 15.3. The molecule has 0 fully saturated rings. The van der Waals surface area contributed by atoms with Gasteiger partial charge in [0.15, 0.2) is 5.76 Å². The molecule has 28 heavy (non-hydrogen) atoms. The highest BCUT2D eigenvalue weighted by molar-refractivity contribution is 6.02. The van der Waals surface area contributed by atoms with Gasteiger partial charge in [-0.2, -0.15) is 0 Å². The number of esters is 1. The van der Waals surface area contributed by atoms with E-state index >= 15 is 0 Å². The van der Waals surface area contributed by atoms with Gasteiger partial charge in [0.05, 0.1) is 18.4 Å². The first-order chi connectivity index (χ1) is 13.5. The Hall–Kier alpha value is -3.61. The van der Waals surface area contributed by atoms with E-state index in [2.05, 4.69) is 10.1 Å². The number of ether oxygens (including phenoxy) is 2. The fraction of sp³-hybridized carbons (Fsp3) is 0.143. The molecule has 3 aromatic rings. The maximum Gasteiger partial charge on any atom is 0.337 e. The van der Waals surface area contributed by atoms with Crippen molar-refractivity contribution in [3.05, 3.63) is 83.1 Å². The highest BCUT2D eigenvalue weighted by Gasteiger charge is 2.14. The molecule has 1 aromatic heterocycles. The van der Waals surface area contributed by atoms with Crippen LogP contribution in [0.3, 0.4) is 0 Å². The lowest BCUT2D eigenvalue weighted by molar-refractivity contribution is 0.0600. The Morgan fingerprint density at radius 3 is 2.54 bits per heavy atom. The van der Waals surface area contributed by atoms with Crippen molar-refractivity contribution in [2.45, 2.75) is 13.5 Å². The minimum Gasteiger partial charge on any atom is -0.486 e. The maximum absolute atomic E-state index is 13.8. The van der Waals surface area contributed by atoms with Crippen LogP contribution in [0.4, 0.5) is 10.1 Å². The van der Waals surface area contributed by atoms with Crippen molar-refractivity contribution in [2.24, 2.45) is 0 Å². The Morgan fingerprint density at radius 1 is 1.07 bits per heavy atom. The molecule has 0 unspecified atom stereocenters. The summed E-state index contributed by atoms with van der Waals surface area (Å²) in [5.41, 5.74) is 1.32. The highest BCUT2D eigenvalue weighted by atomic mass is 19.1. The first-order valence-electron chi connectivity index (χ1n) is 8.43. The second-order valence-electron chi connectivity index (χ2n) is 6.01. The van der Waals surface area contributed by atoms with Crippen LogP contribution < -0.4 is 10.1 Å². The number of methoxy groups -OCH3 is 1. The van der Waals surface area contributed by atoms with Gasteiger partial charge in [0.25, 0.3) is 5.91 Å². The minimum absolute atomic E-state index is 0.0422. The van der Waals surface area contributed by atoms with E-state index in [4.69, 9.17) is 9.15 Å². The van der Waals surface area contributed by atoms with Gasteiger partial charge in [-0.1, -0.05) is 6.07 Å². The number of halogens is 1. The highest BCUT2D eigenvalue weighted by Crippen LogP contribution is 2.19. The number of furan rings is 1. The quantitative estimate of drug-likeness (QED) is 0.641. The molecule has 6 nitrogen and oxygen atoms in total. The number of benzene rings is 2. The predicted octanol–water partition coefficient (Wildman–Crippen LogP) is 4.35. The third-order valence-corrected chi connectivity index (χ3v) is 3.91. The standard InChI is InChI=1S/C21H18FNO5/c1-13-3-9-17(22)18(11-13)23-20(24)19-10-8-16(28-19)12-27-15-6-4-14(5-7-15)21(25)26-2/h3-11H,12H2,1-2H3,(H,23,24). The lowest BCUT2D eigenvalue weighted by Crippen LogP contribution is -2.12. The zero-order chi connectivity index (χ0) is 20.1. The normalized spacial score (nSPS) is 10.4. The fourth-order valence-electron chi connectivity index (χ4n) is 2.46. The van der Waals surface area contributed by atoms with E-state index in [9.17, 15) is 14.0 Å². The Balaban J connectivity index is 1.60. The van der Waals surface area contributed by atoms with Crippen LogP contribution >= 0.6 is 0 Å². The average molecular weight is 383 g/mol. The van der Waals surface area contributed by atoms with Gasteiger partial charge in [-0.05, 0) is 61.0 Å². The summed E-state index contributed by atoms with van der Waals surface area (Å²) >= 11 is 0. The summed E-state index contributed by atoms with van der Waals surface area (Å²) in [6.07, 6.45) is 0. The topological polar surface area (TPSA) is 77.8 Å². The second kappa shape index (κ2) is 8.39. The molecule has 0 spiro atoms. The molecule has 1 heterocycles. The summed E-state index contributed by atoms with van der Waals surface area (Å²) in [4.78, 5) is 23.6. The van der Waals surface area contributed by atoms with Crippen molar-refractivity contribution in [1.29, 1.82) is 0 Å². The molecule has 0 aliphatic rings. The third-order valence-electron chi connectivity index (χ3n) is 3.91. The summed E-state index contributed by atoms with van der Waals surface area (Å²) < 4.78 is 29.4. The van der Waals surface area contributed by atoms with Gasteiger partial charge in [-0.3, -0.25) is 4.79 Å². The monoisotopic (exact) mass is 383 g/mol. The molecule has 0 atom stereocenters. The van der Waals surface area contributed by atoms with Crippen LogP contribution in [0.2, 0.25) is 0 Å². The molecule has 0 aliphatic heterocycles. The van der Waals surface area contributed by atoms with Gasteiger partial charge < -0.3 is 19.2 Å². The van der Waals surface area contributed by atoms with Gasteiger partial charge in [-0.25, -0.2) is 9.18 Å². The number of anilines is 1. The number of amides is 1. The number of carbonyl (C=O) groups excluding carboxylic acids is 2. The van der Waals surface area contributed by atoms with Crippen LogP contribution in [-0.2, 0) is 11.3 Å². The Morgan fingerprint density at radius 2 is 1.82 bits per heavy atom. The largest absolute Gasteiger partial charge is 0.486 e. The molecule has 0 bridgehead atoms. The third kappa shape index (κ3) is 4.56. The molecule has 7 heteroatoms. The number of rotatable bonds is 6. The lowest BCUT2D eigenvalue weighted by atomic mass is 10.2. The van der Waals surface area contributed by atoms with Crippen molar-refractivity contribution in [3.8, 4) is 5.75 Å². The molecule has 0 saturated heterocycles. The van der Waals surface area contributed by atoms with Crippen LogP contribution in [-0.4, -0.2) is 19.0 Å². The number of hydrogen-bond donors (Lipinski definition) is 1. The number of carbonyl (C=O) groups is 2. The van der Waals surface area contributed by atoms with E-state index in [-0.39, 0.29) is 18.1 Å². The van der Waals surface area contributed by atoms with E-state index in [0.29, 0.717) is 17.1 Å². The second-order valence-corrected chi connectivity index (χ2v) is 6.01. The van der Waals surface area contributed by atoms with Gasteiger partial charge in [0.1, 0.15) is 23.9 Å². The number of aryl methyl sites for hydroxylation is 1. The lowest BCUT2D eigenvalue weighted by Gasteiger charge is -2.06. The van der Waals surface area contributed by atoms with Gasteiger partial charge in [-0.15, -0.1) is 0 Å². The molecule has 1 N–H and O–H groups in total. The van der Waals surface area contributed by atoms with E-state index in [1.54, 1.807) is 43.3 Å². The Labute approximate surface area is 160 Å². The Bertz CT molecular complexity index is 994. The average Bonchev–Trinajstić information content (AvgIpc) is 3.18. The molecule has 0 aliphatic carbocycles. The van der Waals surface area contributed by atoms with Crippen LogP contribution in [0.5, 0.6) is 5.75 Å². The Kier molecular flexibility index (Phi) is 5.74. The molecule has 144 valence electrons. The minimum atomic E-state index is -0.557. The van der Waals surface area contributed by atoms with Crippen LogP contribution in [0.25, 0.3) is 0 Å². The predicted molar refractivity (Wildman–Crippen MR) is 99.9 cm³/mol. The van der Waals surface area contributed by atoms with Crippen molar-refractivity contribution in [1.82, 2.24) is 0 Å². The number of hydrogen-bond acceptors (Lipinski definition) is 5. The first-order valence-corrected chi connectivity index (χ1v) is 8.43. The zero-order valence-electron chi connectivity index (χ0n) is 15.3. The fourth-order valence-corrected chi connectivity index (χ4v) is 2.46. The van der Waals surface area contributed by atoms with E-state index in [0.717, 1.165) is 5.56 Å². The molecule has 0 saturated carbocycles. The SMILES string of the molecule is COC(=O)c1ccc(OCc2ccc(C(=O)Nc3cc(C)ccc3F)o2)cc1. The summed E-state index contributed by atoms with van der Waals surface area (Å²) in [5.74, 6) is -0.523. The molecule has 3 rings (SSSR count). The molecule has 1 amide bonds. The van der Waals surface area contributed by atoms with Crippen LogP contribution in [0.15, 0.2) is 59.0 Å². The summed E-state index contributed by atoms with van der Waals surface area (Å²) in [5, 5.41) is 2.48. The van der Waals surface area contributed by atoms with Crippen molar-refractivity contribution >= 4 is 17.6 Å². The number of nitrogens with one attached hydrogen (secondary N) is 1.